The molecule has 0 fully saturated rings. The van der Waals surface area contributed by atoms with Crippen LogP contribution in [0.25, 0.3) is 10.9 Å². The Kier molecular flexibility index (Phi) is 3.57. The number of benzene rings is 1. The molecule has 108 valence electrons. The molecule has 6 heteroatoms. The van der Waals surface area contributed by atoms with Gasteiger partial charge in [-0.15, -0.1) is 0 Å². The summed E-state index contributed by atoms with van der Waals surface area (Å²) < 4.78 is 8.77. The van der Waals surface area contributed by atoms with Crippen molar-refractivity contribution in [2.24, 2.45) is 5.84 Å². The fourth-order valence-corrected chi connectivity index (χ4v) is 2.90. The molecule has 5 nitrogen and oxygen atoms in total. The summed E-state index contributed by atoms with van der Waals surface area (Å²) in [5.41, 5.74) is 3.68. The Balaban J connectivity index is 1.96. The molecule has 2 heterocycles. The van der Waals surface area contributed by atoms with Gasteiger partial charge in [-0.25, -0.2) is 5.84 Å². The summed E-state index contributed by atoms with van der Waals surface area (Å²) in [5, 5.41) is 1.14. The number of rotatable bonds is 3. The molecular weight excluding hydrogens is 334 g/mol. The molecule has 0 unspecified atom stereocenters. The van der Waals surface area contributed by atoms with Gasteiger partial charge < -0.3 is 8.98 Å². The van der Waals surface area contributed by atoms with Gasteiger partial charge in [0, 0.05) is 21.6 Å². The largest absolute Gasteiger partial charge is 0.464 e. The van der Waals surface area contributed by atoms with E-state index in [1.54, 1.807) is 13.0 Å². The lowest BCUT2D eigenvalue weighted by Gasteiger charge is -2.03. The third-order valence-electron chi connectivity index (χ3n) is 3.43. The lowest BCUT2D eigenvalue weighted by Crippen LogP contribution is -2.30. The first-order valence-corrected chi connectivity index (χ1v) is 7.23. The summed E-state index contributed by atoms with van der Waals surface area (Å²) in [5.74, 6) is 6.09. The molecule has 0 saturated carbocycles. The van der Waals surface area contributed by atoms with Gasteiger partial charge in [0.2, 0.25) is 0 Å². The maximum absolute atomic E-state index is 11.6. The highest BCUT2D eigenvalue weighted by molar-refractivity contribution is 9.10. The second-order valence-corrected chi connectivity index (χ2v) is 5.63. The van der Waals surface area contributed by atoms with E-state index in [0.29, 0.717) is 23.6 Å². The van der Waals surface area contributed by atoms with Crippen LogP contribution in [0.1, 0.15) is 21.9 Å². The number of carbonyl (C=O) groups is 1. The summed E-state index contributed by atoms with van der Waals surface area (Å²) in [6, 6.07) is 9.81. The summed E-state index contributed by atoms with van der Waals surface area (Å²) in [6.45, 7) is 2.30. The van der Waals surface area contributed by atoms with Gasteiger partial charge in [-0.3, -0.25) is 10.2 Å². The third-order valence-corrected chi connectivity index (χ3v) is 4.12. The van der Waals surface area contributed by atoms with E-state index < -0.39 is 0 Å². The summed E-state index contributed by atoms with van der Waals surface area (Å²) >= 11 is 3.54. The minimum absolute atomic E-state index is 0.345. The average molecular weight is 348 g/mol. The maximum atomic E-state index is 11.6. The van der Waals surface area contributed by atoms with Crippen molar-refractivity contribution in [2.45, 2.75) is 13.5 Å². The number of carbonyl (C=O) groups excluding carboxylic acids is 1. The van der Waals surface area contributed by atoms with Crippen LogP contribution in [0.2, 0.25) is 0 Å². The fourth-order valence-electron chi connectivity index (χ4n) is 2.42. The minimum atomic E-state index is -0.345. The van der Waals surface area contributed by atoms with Crippen LogP contribution in [0, 0.1) is 6.92 Å². The summed E-state index contributed by atoms with van der Waals surface area (Å²) in [6.07, 6.45) is 2.00. The molecule has 0 bridgehead atoms. The van der Waals surface area contributed by atoms with E-state index in [4.69, 9.17) is 10.3 Å². The summed E-state index contributed by atoms with van der Waals surface area (Å²) in [4.78, 5) is 11.6. The first-order valence-electron chi connectivity index (χ1n) is 6.43. The molecular formula is C15H14BrN3O2. The molecule has 0 aliphatic carbocycles. The van der Waals surface area contributed by atoms with Gasteiger partial charge in [-0.2, -0.15) is 0 Å². The van der Waals surface area contributed by atoms with Crippen LogP contribution in [-0.2, 0) is 6.54 Å². The van der Waals surface area contributed by atoms with E-state index in [9.17, 15) is 4.79 Å². The predicted octanol–water partition coefficient (Wildman–Crippen LogP) is 2.96. The highest BCUT2D eigenvalue weighted by Crippen LogP contribution is 2.26. The third kappa shape index (κ3) is 2.48. The molecule has 1 aromatic carbocycles. The molecule has 3 rings (SSSR count). The Morgan fingerprint density at radius 1 is 1.43 bits per heavy atom. The number of nitrogens with two attached hydrogens (primary N) is 1. The van der Waals surface area contributed by atoms with Crippen molar-refractivity contribution in [1.82, 2.24) is 9.99 Å². The first kappa shape index (κ1) is 13.9. The number of fused-ring (bicyclic) bond motifs is 1. The molecule has 0 atom stereocenters. The Morgan fingerprint density at radius 3 is 3.00 bits per heavy atom. The lowest BCUT2D eigenvalue weighted by atomic mass is 10.2. The number of amides is 1. The quantitative estimate of drug-likeness (QED) is 0.434. The smallest absolute Gasteiger partial charge is 0.268 e. The van der Waals surface area contributed by atoms with Crippen molar-refractivity contribution in [3.63, 3.8) is 0 Å². The van der Waals surface area contributed by atoms with E-state index in [1.165, 1.54) is 0 Å². The standard InChI is InChI=1S/C15H14BrN3O2/c1-9-12(15(20)18-17)7-10(21-9)8-19-6-5-11-13(16)3-2-4-14(11)19/h2-7H,8,17H2,1H3,(H,18,20). The topological polar surface area (TPSA) is 73.2 Å². The zero-order valence-electron chi connectivity index (χ0n) is 11.4. The zero-order valence-corrected chi connectivity index (χ0v) is 13.0. The Morgan fingerprint density at radius 2 is 2.24 bits per heavy atom. The predicted molar refractivity (Wildman–Crippen MR) is 83.8 cm³/mol. The monoisotopic (exact) mass is 347 g/mol. The minimum Gasteiger partial charge on any atom is -0.464 e. The first-order chi connectivity index (χ1) is 10.1. The number of aromatic nitrogens is 1. The van der Waals surface area contributed by atoms with Gasteiger partial charge in [0.25, 0.3) is 5.91 Å². The SMILES string of the molecule is Cc1oc(Cn2ccc3c(Br)cccc32)cc1C(=O)NN. The number of nitrogens with one attached hydrogen (secondary N) is 1. The van der Waals surface area contributed by atoms with Crippen LogP contribution in [0.5, 0.6) is 0 Å². The van der Waals surface area contributed by atoms with E-state index in [-0.39, 0.29) is 5.91 Å². The zero-order chi connectivity index (χ0) is 15.0. The van der Waals surface area contributed by atoms with Gasteiger partial charge in [0.05, 0.1) is 12.1 Å². The van der Waals surface area contributed by atoms with Gasteiger partial charge in [0.15, 0.2) is 0 Å². The fraction of sp³-hybridized carbons (Fsp3) is 0.133. The normalized spacial score (nSPS) is 11.0. The van der Waals surface area contributed by atoms with Gasteiger partial charge >= 0.3 is 0 Å². The van der Waals surface area contributed by atoms with Crippen LogP contribution < -0.4 is 11.3 Å². The van der Waals surface area contributed by atoms with E-state index in [2.05, 4.69) is 25.9 Å². The van der Waals surface area contributed by atoms with Crippen LogP contribution in [0.4, 0.5) is 0 Å². The van der Waals surface area contributed by atoms with E-state index in [1.807, 2.05) is 30.5 Å². The highest BCUT2D eigenvalue weighted by Gasteiger charge is 2.14. The molecule has 0 aliphatic heterocycles. The number of furan rings is 1. The Labute approximate surface area is 129 Å². The van der Waals surface area contributed by atoms with Gasteiger partial charge in [-0.05, 0) is 31.2 Å². The van der Waals surface area contributed by atoms with Crippen molar-refractivity contribution in [3.05, 3.63) is 58.1 Å². The van der Waals surface area contributed by atoms with Crippen LogP contribution in [-0.4, -0.2) is 10.5 Å². The van der Waals surface area contributed by atoms with E-state index in [0.717, 1.165) is 15.4 Å². The highest BCUT2D eigenvalue weighted by atomic mass is 79.9. The van der Waals surface area contributed by atoms with Crippen molar-refractivity contribution in [1.29, 1.82) is 0 Å². The number of hydrogen-bond donors (Lipinski definition) is 2. The van der Waals surface area contributed by atoms with Crippen LogP contribution in [0.15, 0.2) is 45.4 Å². The number of hydrazine groups is 1. The number of nitrogen functional groups attached to an aromatic ring is 1. The van der Waals surface area contributed by atoms with Crippen molar-refractivity contribution >= 4 is 32.7 Å². The molecule has 3 aromatic rings. The molecule has 0 radical (unpaired) electrons. The molecule has 0 spiro atoms. The average Bonchev–Trinajstić information content (AvgIpc) is 3.04. The van der Waals surface area contributed by atoms with Crippen molar-refractivity contribution in [2.75, 3.05) is 0 Å². The number of nitrogens with zero attached hydrogens (tertiary/aromatic N) is 1. The van der Waals surface area contributed by atoms with Crippen LogP contribution >= 0.6 is 15.9 Å². The number of halogens is 1. The Bertz CT molecular complexity index is 820. The molecule has 21 heavy (non-hydrogen) atoms. The molecule has 1 amide bonds. The van der Waals surface area contributed by atoms with E-state index >= 15 is 0 Å². The Hall–Kier alpha value is -2.05. The summed E-state index contributed by atoms with van der Waals surface area (Å²) in [7, 11) is 0. The molecule has 2 aromatic heterocycles. The van der Waals surface area contributed by atoms with Crippen molar-refractivity contribution in [3.8, 4) is 0 Å². The molecule has 0 aliphatic rings. The molecule has 3 N–H and O–H groups in total. The van der Waals surface area contributed by atoms with Gasteiger partial charge in [0.1, 0.15) is 11.5 Å². The second kappa shape index (κ2) is 5.38. The maximum Gasteiger partial charge on any atom is 0.268 e. The number of hydrogen-bond acceptors (Lipinski definition) is 3. The second-order valence-electron chi connectivity index (χ2n) is 4.77. The van der Waals surface area contributed by atoms with Crippen molar-refractivity contribution < 1.29 is 9.21 Å². The molecule has 0 saturated heterocycles. The van der Waals surface area contributed by atoms with Crippen LogP contribution in [0.3, 0.4) is 0 Å². The van der Waals surface area contributed by atoms with Gasteiger partial charge in [-0.1, -0.05) is 22.0 Å². The lowest BCUT2D eigenvalue weighted by molar-refractivity contribution is 0.0952. The number of aryl methyl sites for hydroxylation is 1.